The Kier molecular flexibility index (Phi) is 21.0. The van der Waals surface area contributed by atoms with E-state index in [0.29, 0.717) is 6.42 Å². The van der Waals surface area contributed by atoms with Crippen LogP contribution in [0, 0.1) is 5.92 Å². The molecule has 0 aliphatic rings. The quantitative estimate of drug-likeness (QED) is 0.131. The molecule has 0 saturated carbocycles. The SMILES string of the molecule is CCCCCCCC(CCCCCCC)C(=O)OCC(C)OC(=O)CCCCCN(C)C. The summed E-state index contributed by atoms with van der Waals surface area (Å²) in [5, 5.41) is 0. The average Bonchev–Trinajstić information content (AvgIpc) is 2.75. The number of rotatable bonds is 22. The maximum Gasteiger partial charge on any atom is 0.309 e. The van der Waals surface area contributed by atoms with E-state index in [1.807, 2.05) is 6.92 Å². The maximum absolute atomic E-state index is 12.7. The molecule has 0 rings (SSSR count). The highest BCUT2D eigenvalue weighted by molar-refractivity contribution is 5.72. The van der Waals surface area contributed by atoms with Gasteiger partial charge < -0.3 is 14.4 Å². The van der Waals surface area contributed by atoms with Gasteiger partial charge in [-0.15, -0.1) is 0 Å². The van der Waals surface area contributed by atoms with Crippen LogP contribution in [0.1, 0.15) is 124 Å². The van der Waals surface area contributed by atoms with Crippen molar-refractivity contribution < 1.29 is 19.1 Å². The van der Waals surface area contributed by atoms with E-state index in [-0.39, 0.29) is 30.6 Å². The lowest BCUT2D eigenvalue weighted by molar-refractivity contribution is -0.160. The number of hydrogen-bond donors (Lipinski definition) is 0. The van der Waals surface area contributed by atoms with Crippen molar-refractivity contribution in [1.29, 1.82) is 0 Å². The number of carbonyl (C=O) groups excluding carboxylic acids is 2. The van der Waals surface area contributed by atoms with E-state index in [0.717, 1.165) is 51.5 Å². The van der Waals surface area contributed by atoms with Crippen LogP contribution in [0.2, 0.25) is 0 Å². The Hall–Kier alpha value is -1.10. The number of ether oxygens (including phenoxy) is 2. The molecule has 5 nitrogen and oxygen atoms in total. The molecule has 0 aromatic heterocycles. The Morgan fingerprint density at radius 3 is 1.81 bits per heavy atom. The molecule has 0 aromatic rings. The predicted octanol–water partition coefficient (Wildman–Crippen LogP) is 6.92. The van der Waals surface area contributed by atoms with Gasteiger partial charge in [0.2, 0.25) is 0 Å². The summed E-state index contributed by atoms with van der Waals surface area (Å²) in [5.74, 6) is -0.317. The number of carbonyl (C=O) groups is 2. The van der Waals surface area contributed by atoms with Crippen LogP contribution < -0.4 is 0 Å². The van der Waals surface area contributed by atoms with Gasteiger partial charge in [-0.05, 0) is 53.2 Å². The molecule has 5 heteroatoms. The van der Waals surface area contributed by atoms with E-state index >= 15 is 0 Å². The molecule has 0 aliphatic heterocycles. The lowest BCUT2D eigenvalue weighted by Gasteiger charge is -2.18. The minimum Gasteiger partial charge on any atom is -0.462 e. The smallest absolute Gasteiger partial charge is 0.309 e. The fraction of sp³-hybridized carbons (Fsp3) is 0.926. The van der Waals surface area contributed by atoms with Crippen molar-refractivity contribution in [3.8, 4) is 0 Å². The van der Waals surface area contributed by atoms with Crippen molar-refractivity contribution in [2.75, 3.05) is 27.2 Å². The van der Waals surface area contributed by atoms with Crippen molar-refractivity contribution in [1.82, 2.24) is 4.90 Å². The van der Waals surface area contributed by atoms with Crippen LogP contribution in [0.5, 0.6) is 0 Å². The molecule has 0 radical (unpaired) electrons. The lowest BCUT2D eigenvalue weighted by Crippen LogP contribution is -2.25. The van der Waals surface area contributed by atoms with Gasteiger partial charge in [-0.1, -0.05) is 84.5 Å². The van der Waals surface area contributed by atoms with E-state index in [9.17, 15) is 9.59 Å². The van der Waals surface area contributed by atoms with Gasteiger partial charge in [0, 0.05) is 6.42 Å². The summed E-state index contributed by atoms with van der Waals surface area (Å²) >= 11 is 0. The van der Waals surface area contributed by atoms with Gasteiger partial charge in [-0.25, -0.2) is 0 Å². The molecule has 0 fully saturated rings. The summed E-state index contributed by atoms with van der Waals surface area (Å²) in [6.45, 7) is 7.44. The third kappa shape index (κ3) is 19.6. The van der Waals surface area contributed by atoms with E-state index in [1.165, 1.54) is 51.4 Å². The molecule has 32 heavy (non-hydrogen) atoms. The van der Waals surface area contributed by atoms with Crippen molar-refractivity contribution in [3.05, 3.63) is 0 Å². The van der Waals surface area contributed by atoms with Crippen LogP contribution in [0.15, 0.2) is 0 Å². The number of esters is 2. The van der Waals surface area contributed by atoms with E-state index in [1.54, 1.807) is 0 Å². The van der Waals surface area contributed by atoms with Gasteiger partial charge in [0.15, 0.2) is 0 Å². The topological polar surface area (TPSA) is 55.8 Å². The van der Waals surface area contributed by atoms with E-state index in [2.05, 4.69) is 32.8 Å². The van der Waals surface area contributed by atoms with E-state index in [4.69, 9.17) is 9.47 Å². The highest BCUT2D eigenvalue weighted by atomic mass is 16.6. The molecule has 0 aromatic carbocycles. The molecule has 190 valence electrons. The second-order valence-electron chi connectivity index (χ2n) is 9.65. The van der Waals surface area contributed by atoms with Gasteiger partial charge in [-0.3, -0.25) is 9.59 Å². The van der Waals surface area contributed by atoms with Crippen LogP contribution in [-0.2, 0) is 19.1 Å². The summed E-state index contributed by atoms with van der Waals surface area (Å²) in [6.07, 6.45) is 16.9. The summed E-state index contributed by atoms with van der Waals surface area (Å²) in [6, 6.07) is 0. The van der Waals surface area contributed by atoms with Crippen molar-refractivity contribution >= 4 is 11.9 Å². The van der Waals surface area contributed by atoms with Crippen molar-refractivity contribution in [2.45, 2.75) is 130 Å². The first kappa shape index (κ1) is 30.9. The van der Waals surface area contributed by atoms with Gasteiger partial charge in [0.05, 0.1) is 5.92 Å². The van der Waals surface area contributed by atoms with Gasteiger partial charge in [0.25, 0.3) is 0 Å². The molecule has 0 heterocycles. The van der Waals surface area contributed by atoms with Crippen LogP contribution in [0.4, 0.5) is 0 Å². The minimum absolute atomic E-state index is 0.0159. The first-order valence-electron chi connectivity index (χ1n) is 13.4. The molecule has 0 saturated heterocycles. The van der Waals surface area contributed by atoms with Crippen LogP contribution >= 0.6 is 0 Å². The maximum atomic E-state index is 12.7. The summed E-state index contributed by atoms with van der Waals surface area (Å²) in [4.78, 5) is 26.9. The zero-order chi connectivity index (χ0) is 24.0. The molecule has 0 bridgehead atoms. The van der Waals surface area contributed by atoms with Crippen LogP contribution in [-0.4, -0.2) is 50.2 Å². The van der Waals surface area contributed by atoms with Gasteiger partial charge in [-0.2, -0.15) is 0 Å². The standard InChI is InChI=1S/C27H53NO4/c1-6-8-10-12-15-19-25(20-16-13-11-9-7-2)27(30)31-23-24(3)32-26(29)21-17-14-18-22-28(4)5/h24-25H,6-23H2,1-5H3. The van der Waals surface area contributed by atoms with Crippen LogP contribution in [0.3, 0.4) is 0 Å². The fourth-order valence-electron chi connectivity index (χ4n) is 3.88. The Bertz CT molecular complexity index is 439. The zero-order valence-corrected chi connectivity index (χ0v) is 22.0. The normalized spacial score (nSPS) is 12.3. The monoisotopic (exact) mass is 455 g/mol. The first-order chi connectivity index (χ1) is 15.4. The summed E-state index contributed by atoms with van der Waals surface area (Å²) in [7, 11) is 4.11. The highest BCUT2D eigenvalue weighted by Crippen LogP contribution is 2.20. The third-order valence-corrected chi connectivity index (χ3v) is 5.92. The molecular weight excluding hydrogens is 402 g/mol. The zero-order valence-electron chi connectivity index (χ0n) is 22.0. The number of unbranched alkanes of at least 4 members (excludes halogenated alkanes) is 10. The predicted molar refractivity (Wildman–Crippen MR) is 134 cm³/mol. The van der Waals surface area contributed by atoms with Crippen LogP contribution in [0.25, 0.3) is 0 Å². The number of hydrogen-bond acceptors (Lipinski definition) is 5. The Balaban J connectivity index is 4.22. The number of nitrogens with zero attached hydrogens (tertiary/aromatic N) is 1. The van der Waals surface area contributed by atoms with E-state index < -0.39 is 0 Å². The summed E-state index contributed by atoms with van der Waals surface area (Å²) < 4.78 is 11.0. The van der Waals surface area contributed by atoms with Crippen molar-refractivity contribution in [3.63, 3.8) is 0 Å². The van der Waals surface area contributed by atoms with Gasteiger partial charge >= 0.3 is 11.9 Å². The molecule has 0 amide bonds. The average molecular weight is 456 g/mol. The Labute approximate surface area is 199 Å². The Morgan fingerprint density at radius 2 is 1.28 bits per heavy atom. The molecular formula is C27H53NO4. The minimum atomic E-state index is -0.386. The highest BCUT2D eigenvalue weighted by Gasteiger charge is 2.21. The van der Waals surface area contributed by atoms with Gasteiger partial charge in [0.1, 0.15) is 12.7 Å². The molecule has 0 aliphatic carbocycles. The largest absolute Gasteiger partial charge is 0.462 e. The first-order valence-corrected chi connectivity index (χ1v) is 13.4. The molecule has 0 spiro atoms. The molecule has 1 unspecified atom stereocenters. The summed E-state index contributed by atoms with van der Waals surface area (Å²) in [5.41, 5.74) is 0. The third-order valence-electron chi connectivity index (χ3n) is 5.92. The fourth-order valence-corrected chi connectivity index (χ4v) is 3.88. The second kappa shape index (κ2) is 21.7. The second-order valence-corrected chi connectivity index (χ2v) is 9.65. The molecule has 0 N–H and O–H groups in total. The lowest BCUT2D eigenvalue weighted by atomic mass is 9.94. The Morgan fingerprint density at radius 1 is 0.750 bits per heavy atom. The van der Waals surface area contributed by atoms with Crippen molar-refractivity contribution in [2.24, 2.45) is 5.92 Å². The molecule has 1 atom stereocenters.